The van der Waals surface area contributed by atoms with Gasteiger partial charge in [0.05, 0.1) is 13.2 Å². The van der Waals surface area contributed by atoms with E-state index < -0.39 is 27.2 Å². The van der Waals surface area contributed by atoms with Crippen LogP contribution in [0.1, 0.15) is 72.1 Å². The van der Waals surface area contributed by atoms with Crippen molar-refractivity contribution in [3.63, 3.8) is 0 Å². The Labute approximate surface area is 197 Å². The van der Waals surface area contributed by atoms with E-state index in [1.54, 1.807) is 16.7 Å². The van der Waals surface area contributed by atoms with Gasteiger partial charge in [-0.2, -0.15) is 0 Å². The van der Waals surface area contributed by atoms with Crippen LogP contribution < -0.4 is 21.6 Å². The van der Waals surface area contributed by atoms with Gasteiger partial charge < -0.3 is 0 Å². The Morgan fingerprint density at radius 2 is 2.06 bits per heavy atom. The Bertz CT molecular complexity index is 826. The summed E-state index contributed by atoms with van der Waals surface area (Å²) in [6.45, 7) is 8.63. The first-order valence-corrected chi connectivity index (χ1v) is 14.1. The average Bonchev–Trinajstić information content (AvgIpc) is 3.34. The number of allylic oxidation sites excluding steroid dienone is 3. The van der Waals surface area contributed by atoms with E-state index in [4.69, 9.17) is 17.3 Å². The van der Waals surface area contributed by atoms with E-state index in [1.807, 2.05) is 6.92 Å². The third-order valence-electron chi connectivity index (χ3n) is 8.61. The minimum atomic E-state index is -0.688. The Morgan fingerprint density at radius 3 is 2.81 bits per heavy atom. The molecule has 6 heteroatoms. The Morgan fingerprint density at radius 1 is 1.26 bits per heavy atom. The zero-order valence-corrected chi connectivity index (χ0v) is 21.2. The minimum absolute atomic E-state index is 0.0426. The van der Waals surface area contributed by atoms with Crippen molar-refractivity contribution in [3.8, 4) is 6.07 Å². The van der Waals surface area contributed by atoms with Crippen LogP contribution in [0.25, 0.3) is 0 Å². The van der Waals surface area contributed by atoms with E-state index in [0.29, 0.717) is 11.8 Å². The Kier molecular flexibility index (Phi) is 6.05. The fourth-order valence-electron chi connectivity index (χ4n) is 7.14. The quantitative estimate of drug-likeness (QED) is 0.395. The molecule has 5 aliphatic rings. The summed E-state index contributed by atoms with van der Waals surface area (Å²) in [4.78, 5) is 0. The summed E-state index contributed by atoms with van der Waals surface area (Å²) in [5.41, 5.74) is 3.93. The van der Waals surface area contributed by atoms with Crippen LogP contribution in [0.2, 0.25) is 0 Å². The normalized spacial score (nSPS) is 39.6. The van der Waals surface area contributed by atoms with Gasteiger partial charge in [-0.3, -0.25) is 0 Å². The van der Waals surface area contributed by atoms with Crippen LogP contribution in [0, 0.1) is 28.6 Å². The van der Waals surface area contributed by atoms with Crippen molar-refractivity contribution in [3.05, 3.63) is 22.8 Å². The first-order valence-electron chi connectivity index (χ1n) is 12.0. The standard InChI is InChI=1S/C25H35INO4/c1-4-30-26-17(2)31-24(16-27)11-9-22-21-6-5-18-15-25(28-13-14-29-25)12-8-19(18)20(21)7-10-23(22,24)3/h7,17,21-22H,4-6,8-15H2,1-3H3/q-1/t17?,21?,22?,23?,24-/m0/s1. The maximum absolute atomic E-state index is 10.3. The third kappa shape index (κ3) is 3.54. The van der Waals surface area contributed by atoms with Gasteiger partial charge in [0.1, 0.15) is 0 Å². The molecule has 1 saturated carbocycles. The van der Waals surface area contributed by atoms with Crippen LogP contribution in [0.3, 0.4) is 0 Å². The van der Waals surface area contributed by atoms with E-state index in [-0.39, 0.29) is 15.3 Å². The molecule has 0 N–H and O–H groups in total. The van der Waals surface area contributed by atoms with Crippen LogP contribution in [0.15, 0.2) is 22.8 Å². The predicted molar refractivity (Wildman–Crippen MR) is 112 cm³/mol. The number of nitrogens with zero attached hydrogens (tertiary/aromatic N) is 1. The molecule has 172 valence electrons. The van der Waals surface area contributed by atoms with Crippen molar-refractivity contribution in [2.24, 2.45) is 17.3 Å². The molecule has 0 aromatic rings. The topological polar surface area (TPSA) is 60.7 Å². The molecular weight excluding hydrogens is 505 g/mol. The molecule has 4 aliphatic carbocycles. The molecule has 1 heterocycles. The predicted octanol–water partition coefficient (Wildman–Crippen LogP) is 2.03. The molecule has 2 fully saturated rings. The molecule has 5 nitrogen and oxygen atoms in total. The molecule has 1 spiro atoms. The van der Waals surface area contributed by atoms with Gasteiger partial charge in [-0.05, 0) is 0 Å². The number of hydrogen-bond acceptors (Lipinski definition) is 5. The van der Waals surface area contributed by atoms with Gasteiger partial charge in [0.2, 0.25) is 0 Å². The van der Waals surface area contributed by atoms with Crippen LogP contribution in [-0.4, -0.2) is 35.3 Å². The maximum atomic E-state index is 10.3. The van der Waals surface area contributed by atoms with E-state index in [0.717, 1.165) is 64.8 Å². The van der Waals surface area contributed by atoms with Gasteiger partial charge in [0.25, 0.3) is 0 Å². The van der Waals surface area contributed by atoms with Crippen LogP contribution >= 0.6 is 0 Å². The SMILES string of the molecule is CCO[I-]C(C)O[C@]1(C#N)CCC2C3CCC4=C(CCC5(C4)OCCO5)C3=CCC21C. The van der Waals surface area contributed by atoms with Crippen LogP contribution in [-0.2, 0) is 17.3 Å². The zero-order valence-electron chi connectivity index (χ0n) is 19.0. The average molecular weight is 540 g/mol. The van der Waals surface area contributed by atoms with E-state index in [1.165, 1.54) is 6.42 Å². The van der Waals surface area contributed by atoms with Crippen molar-refractivity contribution < 1.29 is 38.9 Å². The van der Waals surface area contributed by atoms with Crippen molar-refractivity contribution in [2.75, 3.05) is 19.8 Å². The second kappa shape index (κ2) is 8.39. The summed E-state index contributed by atoms with van der Waals surface area (Å²) in [5.74, 6) is 0.744. The monoisotopic (exact) mass is 540 g/mol. The van der Waals surface area contributed by atoms with Gasteiger partial charge in [0, 0.05) is 0 Å². The van der Waals surface area contributed by atoms with Gasteiger partial charge in [-0.1, -0.05) is 0 Å². The summed E-state index contributed by atoms with van der Waals surface area (Å²) in [7, 11) is 0. The molecule has 31 heavy (non-hydrogen) atoms. The summed E-state index contributed by atoms with van der Waals surface area (Å²) < 4.78 is 24.3. The number of fused-ring (bicyclic) bond motifs is 4. The number of halogens is 1. The molecular formula is C25H35INO4-. The molecule has 0 aromatic heterocycles. The molecule has 0 radical (unpaired) electrons. The van der Waals surface area contributed by atoms with E-state index >= 15 is 0 Å². The van der Waals surface area contributed by atoms with Crippen LogP contribution in [0.4, 0.5) is 0 Å². The van der Waals surface area contributed by atoms with Crippen LogP contribution in [0.5, 0.6) is 0 Å². The fourth-order valence-corrected chi connectivity index (χ4v) is 8.55. The molecule has 5 rings (SSSR count). The molecule has 4 unspecified atom stereocenters. The van der Waals surface area contributed by atoms with Crippen molar-refractivity contribution >= 4 is 0 Å². The van der Waals surface area contributed by atoms with Crippen molar-refractivity contribution in [1.82, 2.24) is 0 Å². The fraction of sp³-hybridized carbons (Fsp3) is 0.800. The third-order valence-corrected chi connectivity index (χ3v) is 10.6. The number of nitriles is 1. The second-order valence-electron chi connectivity index (χ2n) is 10.0. The second-order valence-corrected chi connectivity index (χ2v) is 12.9. The van der Waals surface area contributed by atoms with E-state index in [2.05, 4.69) is 26.0 Å². The molecule has 0 aromatic carbocycles. The van der Waals surface area contributed by atoms with Crippen molar-refractivity contribution in [1.29, 1.82) is 5.26 Å². The first-order chi connectivity index (χ1) is 15.0. The Hall–Kier alpha value is -0.460. The summed E-state index contributed by atoms with van der Waals surface area (Å²) in [6, 6.07) is 2.67. The number of alkyl halides is 1. The molecule has 1 aliphatic heterocycles. The summed E-state index contributed by atoms with van der Waals surface area (Å²) >= 11 is -0.498. The molecule has 1 saturated heterocycles. The Balaban J connectivity index is 1.40. The van der Waals surface area contributed by atoms with Crippen molar-refractivity contribution in [2.45, 2.75) is 87.6 Å². The van der Waals surface area contributed by atoms with Gasteiger partial charge >= 0.3 is 185 Å². The number of hydrogen-bond donors (Lipinski definition) is 0. The number of rotatable bonds is 5. The zero-order chi connectivity index (χ0) is 21.7. The molecule has 5 atom stereocenters. The van der Waals surface area contributed by atoms with Gasteiger partial charge in [-0.25, -0.2) is 0 Å². The summed E-state index contributed by atoms with van der Waals surface area (Å²) in [6.07, 6.45) is 10.7. The molecule has 0 amide bonds. The summed E-state index contributed by atoms with van der Waals surface area (Å²) in [5, 5.41) is 10.3. The first kappa shape index (κ1) is 22.3. The van der Waals surface area contributed by atoms with Gasteiger partial charge in [0.15, 0.2) is 0 Å². The van der Waals surface area contributed by atoms with E-state index in [9.17, 15) is 5.26 Å². The molecule has 0 bridgehead atoms. The van der Waals surface area contributed by atoms with Gasteiger partial charge in [-0.15, -0.1) is 0 Å². The number of ether oxygens (including phenoxy) is 3.